The van der Waals surface area contributed by atoms with Crippen molar-refractivity contribution in [3.63, 3.8) is 0 Å². The molecule has 0 radical (unpaired) electrons. The first-order valence-corrected chi connectivity index (χ1v) is 9.76. The van der Waals surface area contributed by atoms with Gasteiger partial charge >= 0.3 is 0 Å². The molecule has 2 N–H and O–H groups in total. The van der Waals surface area contributed by atoms with Crippen molar-refractivity contribution in [1.82, 2.24) is 9.55 Å². The molecular weight excluding hydrogens is 380 g/mol. The van der Waals surface area contributed by atoms with E-state index in [0.717, 1.165) is 30.4 Å². The molecule has 144 valence electrons. The van der Waals surface area contributed by atoms with Gasteiger partial charge in [-0.3, -0.25) is 24.3 Å². The van der Waals surface area contributed by atoms with E-state index in [9.17, 15) is 19.7 Å². The molecule has 1 amide bonds. The van der Waals surface area contributed by atoms with Gasteiger partial charge in [0.25, 0.3) is 11.2 Å². The smallest absolute Gasteiger partial charge is 0.269 e. The Bertz CT molecular complexity index is 1160. The van der Waals surface area contributed by atoms with Gasteiger partial charge in [0.1, 0.15) is 16.7 Å². The Morgan fingerprint density at radius 3 is 2.71 bits per heavy atom. The van der Waals surface area contributed by atoms with E-state index >= 15 is 0 Å². The summed E-state index contributed by atoms with van der Waals surface area (Å²) in [5, 5.41) is 11.4. The molecule has 0 saturated heterocycles. The number of thiophene rings is 1. The average Bonchev–Trinajstić information content (AvgIpc) is 3.22. The number of nitrogens with two attached hydrogens (primary N) is 1. The van der Waals surface area contributed by atoms with Gasteiger partial charge in [-0.2, -0.15) is 0 Å². The van der Waals surface area contributed by atoms with Gasteiger partial charge in [-0.15, -0.1) is 11.3 Å². The van der Waals surface area contributed by atoms with Crippen molar-refractivity contribution in [3.8, 4) is 0 Å². The van der Waals surface area contributed by atoms with Gasteiger partial charge < -0.3 is 5.73 Å². The van der Waals surface area contributed by atoms with E-state index in [4.69, 9.17) is 10.7 Å². The Morgan fingerprint density at radius 2 is 2.07 bits per heavy atom. The topological polar surface area (TPSA) is 121 Å². The van der Waals surface area contributed by atoms with Gasteiger partial charge in [0, 0.05) is 23.4 Å². The number of non-ortho nitro benzene ring substituents is 1. The Hall–Kier alpha value is -3.07. The highest BCUT2D eigenvalue weighted by Crippen LogP contribution is 2.35. The number of hydrogen-bond donors (Lipinski definition) is 1. The van der Waals surface area contributed by atoms with Crippen molar-refractivity contribution in [2.45, 2.75) is 38.6 Å². The van der Waals surface area contributed by atoms with Crippen molar-refractivity contribution < 1.29 is 9.72 Å². The number of aryl methyl sites for hydroxylation is 2. The maximum absolute atomic E-state index is 13.3. The molecule has 1 atom stereocenters. The van der Waals surface area contributed by atoms with Crippen LogP contribution in [0.25, 0.3) is 10.2 Å². The summed E-state index contributed by atoms with van der Waals surface area (Å²) in [6, 6.07) is 5.24. The summed E-state index contributed by atoms with van der Waals surface area (Å²) in [7, 11) is 0. The van der Waals surface area contributed by atoms with E-state index < -0.39 is 16.9 Å². The third-order valence-corrected chi connectivity index (χ3v) is 6.34. The molecule has 8 nitrogen and oxygen atoms in total. The van der Waals surface area contributed by atoms with Crippen LogP contribution in [0.5, 0.6) is 0 Å². The van der Waals surface area contributed by atoms with Gasteiger partial charge in [-0.1, -0.05) is 12.1 Å². The Kier molecular flexibility index (Phi) is 4.46. The first kappa shape index (κ1) is 18.3. The minimum absolute atomic E-state index is 0.00950. The summed E-state index contributed by atoms with van der Waals surface area (Å²) >= 11 is 1.53. The van der Waals surface area contributed by atoms with Crippen LogP contribution in [0, 0.1) is 10.1 Å². The molecule has 0 spiro atoms. The first-order valence-electron chi connectivity index (χ1n) is 8.95. The van der Waals surface area contributed by atoms with E-state index in [2.05, 4.69) is 0 Å². The molecule has 9 heteroatoms. The van der Waals surface area contributed by atoms with Gasteiger partial charge in [0.05, 0.1) is 10.3 Å². The second-order valence-electron chi connectivity index (χ2n) is 6.92. The molecular formula is C19H18N4O4S. The maximum Gasteiger partial charge on any atom is 0.269 e. The average molecular weight is 398 g/mol. The molecule has 4 rings (SSSR count). The van der Waals surface area contributed by atoms with Crippen LogP contribution in [0.3, 0.4) is 0 Å². The fourth-order valence-corrected chi connectivity index (χ4v) is 4.94. The molecule has 0 saturated carbocycles. The maximum atomic E-state index is 13.3. The lowest BCUT2D eigenvalue weighted by atomic mass is 10.1. The van der Waals surface area contributed by atoms with Crippen LogP contribution in [0.15, 0.2) is 29.1 Å². The van der Waals surface area contributed by atoms with Crippen LogP contribution in [-0.4, -0.2) is 20.4 Å². The third-order valence-electron chi connectivity index (χ3n) is 5.15. The van der Waals surface area contributed by atoms with Crippen LogP contribution in [0.1, 0.15) is 41.2 Å². The number of aromatic nitrogens is 2. The lowest BCUT2D eigenvalue weighted by molar-refractivity contribution is -0.384. The van der Waals surface area contributed by atoms with Gasteiger partial charge in [0.15, 0.2) is 0 Å². The highest BCUT2D eigenvalue weighted by molar-refractivity contribution is 7.18. The summed E-state index contributed by atoms with van der Waals surface area (Å²) in [4.78, 5) is 42.1. The quantitative estimate of drug-likeness (QED) is 0.523. The van der Waals surface area contributed by atoms with Crippen molar-refractivity contribution in [2.75, 3.05) is 0 Å². The normalized spacial score (nSPS) is 14.2. The molecule has 0 bridgehead atoms. The van der Waals surface area contributed by atoms with Crippen molar-refractivity contribution in [1.29, 1.82) is 0 Å². The molecule has 28 heavy (non-hydrogen) atoms. The predicted octanol–water partition coefficient (Wildman–Crippen LogP) is 2.49. The van der Waals surface area contributed by atoms with Crippen LogP contribution in [0.2, 0.25) is 0 Å². The Morgan fingerprint density at radius 1 is 1.36 bits per heavy atom. The van der Waals surface area contributed by atoms with Crippen LogP contribution >= 0.6 is 11.3 Å². The number of amides is 1. The number of nitrogens with zero attached hydrogens (tertiary/aromatic N) is 3. The molecule has 1 unspecified atom stereocenters. The number of carbonyl (C=O) groups excluding carboxylic acids is 1. The second kappa shape index (κ2) is 6.83. The molecule has 2 aromatic heterocycles. The Balaban J connectivity index is 1.86. The summed E-state index contributed by atoms with van der Waals surface area (Å²) in [6.07, 6.45) is 3.08. The van der Waals surface area contributed by atoms with E-state index in [0.29, 0.717) is 16.0 Å². The van der Waals surface area contributed by atoms with Gasteiger partial charge in [-0.05, 0) is 37.3 Å². The zero-order valence-electron chi connectivity index (χ0n) is 15.2. The highest BCUT2D eigenvalue weighted by atomic mass is 32.1. The lowest BCUT2D eigenvalue weighted by Gasteiger charge is -2.17. The van der Waals surface area contributed by atoms with Crippen LogP contribution in [-0.2, 0) is 24.1 Å². The number of benzene rings is 1. The molecule has 1 aliphatic carbocycles. The van der Waals surface area contributed by atoms with Crippen LogP contribution < -0.4 is 11.3 Å². The fraction of sp³-hybridized carbons (Fsp3) is 0.316. The summed E-state index contributed by atoms with van der Waals surface area (Å²) < 4.78 is 1.37. The minimum Gasteiger partial charge on any atom is -0.368 e. The highest BCUT2D eigenvalue weighted by Gasteiger charge is 2.26. The summed E-state index contributed by atoms with van der Waals surface area (Å²) in [5.74, 6) is -0.183. The number of nitro groups is 1. The second-order valence-corrected chi connectivity index (χ2v) is 8.00. The lowest BCUT2D eigenvalue weighted by Crippen LogP contribution is -2.35. The van der Waals surface area contributed by atoms with E-state index in [1.165, 1.54) is 32.9 Å². The van der Waals surface area contributed by atoms with Crippen molar-refractivity contribution in [3.05, 3.63) is 66.6 Å². The molecule has 1 aromatic carbocycles. The molecule has 0 aliphatic heterocycles. The van der Waals surface area contributed by atoms with Crippen molar-refractivity contribution >= 4 is 33.1 Å². The van der Waals surface area contributed by atoms with E-state index in [1.807, 2.05) is 0 Å². The molecule has 1 aliphatic rings. The molecule has 3 aromatic rings. The molecule has 0 fully saturated rings. The van der Waals surface area contributed by atoms with Gasteiger partial charge in [0.2, 0.25) is 5.91 Å². The minimum atomic E-state index is -0.839. The van der Waals surface area contributed by atoms with E-state index in [1.54, 1.807) is 19.1 Å². The number of fused-ring (bicyclic) bond motifs is 3. The standard InChI is InChI=1S/C19H18N4O4S/c1-10(17(20)24)22-15(9-11-5-7-12(8-6-11)23(26)27)21-18-16(19(22)25)13-3-2-4-14(13)28-18/h5-8,10H,2-4,9H2,1H3,(H2,20,24). The largest absolute Gasteiger partial charge is 0.368 e. The molecule has 2 heterocycles. The predicted molar refractivity (Wildman–Crippen MR) is 106 cm³/mol. The zero-order chi connectivity index (χ0) is 20.0. The number of carbonyl (C=O) groups is 1. The number of primary amides is 1. The summed E-state index contributed by atoms with van der Waals surface area (Å²) in [5.41, 5.74) is 7.04. The summed E-state index contributed by atoms with van der Waals surface area (Å²) in [6.45, 7) is 1.59. The van der Waals surface area contributed by atoms with Crippen molar-refractivity contribution in [2.24, 2.45) is 5.73 Å². The SMILES string of the molecule is CC(C(N)=O)n1c(Cc2ccc([N+](=O)[O-])cc2)nc2sc3c(c2c1=O)CCC3. The van der Waals surface area contributed by atoms with Crippen LogP contribution in [0.4, 0.5) is 5.69 Å². The number of rotatable bonds is 5. The fourth-order valence-electron chi connectivity index (χ4n) is 3.67. The first-order chi connectivity index (χ1) is 13.4. The van der Waals surface area contributed by atoms with E-state index in [-0.39, 0.29) is 17.7 Å². The third kappa shape index (κ3) is 2.97. The van der Waals surface area contributed by atoms with Gasteiger partial charge in [-0.25, -0.2) is 4.98 Å². The Labute approximate surface area is 163 Å². The number of nitro benzene ring substituents is 1. The number of hydrogen-bond acceptors (Lipinski definition) is 6. The monoisotopic (exact) mass is 398 g/mol. The zero-order valence-corrected chi connectivity index (χ0v) is 16.0.